The van der Waals surface area contributed by atoms with Gasteiger partial charge in [0.2, 0.25) is 6.29 Å². The number of ether oxygens (including phenoxy) is 2. The van der Waals surface area contributed by atoms with Gasteiger partial charge in [-0.05, 0) is 46.1 Å². The summed E-state index contributed by atoms with van der Waals surface area (Å²) in [6.07, 6.45) is 0.775. The first-order valence-electron chi connectivity index (χ1n) is 8.07. The number of alkyl halides is 2. The molecule has 1 heterocycles. The molecule has 156 valence electrons. The molecule has 1 atom stereocenters. The minimum Gasteiger partial charge on any atom is -0.490 e. The van der Waals surface area contributed by atoms with E-state index in [-0.39, 0.29) is 4.21 Å². The Kier molecular flexibility index (Phi) is 9.95. The van der Waals surface area contributed by atoms with Crippen molar-refractivity contribution in [2.24, 2.45) is 0 Å². The summed E-state index contributed by atoms with van der Waals surface area (Å²) in [7, 11) is -6.53. The average molecular weight is 601 g/mol. The average Bonchev–Trinajstić information content (AvgIpc) is 2.97. The van der Waals surface area contributed by atoms with E-state index in [0.29, 0.717) is 63.0 Å². The zero-order chi connectivity index (χ0) is 20.7. The maximum Gasteiger partial charge on any atom is 0.522 e. The fourth-order valence-electron chi connectivity index (χ4n) is 2.13. The first-order valence-corrected chi connectivity index (χ1v) is 13.9. The summed E-state index contributed by atoms with van der Waals surface area (Å²) in [6.45, 7) is 0.803. The maximum atomic E-state index is 12.5. The lowest BCUT2D eigenvalue weighted by Crippen LogP contribution is -2.22. The number of hydrogen-bond acceptors (Lipinski definition) is 6. The van der Waals surface area contributed by atoms with Crippen molar-refractivity contribution in [2.45, 2.75) is 17.1 Å². The van der Waals surface area contributed by atoms with Gasteiger partial charge in [0.05, 0.1) is 16.8 Å². The van der Waals surface area contributed by atoms with E-state index < -0.39 is 24.3 Å². The molecule has 0 fully saturated rings. The van der Waals surface area contributed by atoms with Crippen molar-refractivity contribution in [1.29, 1.82) is 0 Å². The zero-order valence-corrected chi connectivity index (χ0v) is 20.7. The third kappa shape index (κ3) is 6.53. The number of fused-ring (bicyclic) bond motifs is 1. The lowest BCUT2D eigenvalue weighted by Gasteiger charge is -2.12. The van der Waals surface area contributed by atoms with Crippen LogP contribution in [0.4, 0.5) is 0 Å². The van der Waals surface area contributed by atoms with E-state index in [1.807, 2.05) is 22.6 Å². The van der Waals surface area contributed by atoms with Gasteiger partial charge in [-0.2, -0.15) is 9.62 Å². The molecule has 0 saturated carbocycles. The molecular weight excluding hydrogens is 583 g/mol. The molecule has 13 heteroatoms. The van der Waals surface area contributed by atoms with E-state index in [9.17, 15) is 13.0 Å². The summed E-state index contributed by atoms with van der Waals surface area (Å²) >= 11 is 14.4. The molecule has 2 rings (SSSR count). The molecule has 7 nitrogen and oxygen atoms in total. The van der Waals surface area contributed by atoms with Gasteiger partial charge in [-0.15, -0.1) is 34.5 Å². The van der Waals surface area contributed by atoms with Gasteiger partial charge < -0.3 is 9.47 Å². The largest absolute Gasteiger partial charge is 0.522 e. The van der Waals surface area contributed by atoms with Crippen LogP contribution in [-0.4, -0.2) is 44.6 Å². The molecule has 1 aromatic heterocycles. The molecule has 0 radical (unpaired) electrons. The van der Waals surface area contributed by atoms with Gasteiger partial charge in [0.1, 0.15) is 4.21 Å². The summed E-state index contributed by atoms with van der Waals surface area (Å²) in [5.74, 6) is 1.92. The highest BCUT2D eigenvalue weighted by atomic mass is 127. The first kappa shape index (κ1) is 24.3. The number of sulfonamides is 1. The van der Waals surface area contributed by atoms with E-state index in [0.717, 1.165) is 11.3 Å². The summed E-state index contributed by atoms with van der Waals surface area (Å²) < 4.78 is 50.8. The highest BCUT2D eigenvalue weighted by Gasteiger charge is 2.26. The van der Waals surface area contributed by atoms with E-state index in [2.05, 4.69) is 4.72 Å². The standard InChI is InChI=1S/C15H17Cl2INO6PS2/c16-3-1-5-24-11-7-10-13(8-12(11)25-6-2-4-17)27-15(14(10)18)28(22,23)19-9-26(20)21/h7-8,19H,1-6,9H2/p+1. The van der Waals surface area contributed by atoms with Crippen LogP contribution in [0.5, 0.6) is 11.5 Å². The van der Waals surface area contributed by atoms with Crippen LogP contribution >= 0.6 is 65.2 Å². The Labute approximate surface area is 191 Å². The molecule has 2 aromatic rings. The minimum atomic E-state index is -3.91. The van der Waals surface area contributed by atoms with Crippen molar-refractivity contribution in [1.82, 2.24) is 4.72 Å². The maximum absolute atomic E-state index is 12.5. The number of benzene rings is 1. The van der Waals surface area contributed by atoms with Gasteiger partial charge in [-0.25, -0.2) is 8.42 Å². The Morgan fingerprint density at radius 2 is 1.71 bits per heavy atom. The second kappa shape index (κ2) is 11.5. The van der Waals surface area contributed by atoms with Crippen molar-refractivity contribution < 1.29 is 27.3 Å². The van der Waals surface area contributed by atoms with E-state index in [1.165, 1.54) is 0 Å². The van der Waals surface area contributed by atoms with Crippen LogP contribution in [0, 0.1) is 3.57 Å². The molecule has 0 spiro atoms. The van der Waals surface area contributed by atoms with Crippen LogP contribution in [0.25, 0.3) is 10.1 Å². The predicted octanol–water partition coefficient (Wildman–Crippen LogP) is 4.49. The van der Waals surface area contributed by atoms with Crippen molar-refractivity contribution >= 4 is 85.3 Å². The molecule has 1 unspecified atom stereocenters. The van der Waals surface area contributed by atoms with Crippen molar-refractivity contribution in [3.63, 3.8) is 0 Å². The van der Waals surface area contributed by atoms with Gasteiger partial charge in [0.15, 0.2) is 11.5 Å². The van der Waals surface area contributed by atoms with Crippen LogP contribution in [0.1, 0.15) is 12.8 Å². The molecule has 0 aliphatic heterocycles. The smallest absolute Gasteiger partial charge is 0.490 e. The van der Waals surface area contributed by atoms with Crippen LogP contribution < -0.4 is 14.2 Å². The number of thiophene rings is 1. The Bertz CT molecular complexity index is 940. The second-order valence-electron chi connectivity index (χ2n) is 5.44. The minimum absolute atomic E-state index is 0.0737. The molecule has 0 amide bonds. The quantitative estimate of drug-likeness (QED) is 0.161. The number of halogens is 3. The summed E-state index contributed by atoms with van der Waals surface area (Å²) in [6, 6.07) is 3.47. The van der Waals surface area contributed by atoms with E-state index in [4.69, 9.17) is 37.6 Å². The monoisotopic (exact) mass is 600 g/mol. The molecular formula is C15H18Cl2INO6PS2+. The molecule has 28 heavy (non-hydrogen) atoms. The van der Waals surface area contributed by atoms with E-state index >= 15 is 0 Å². The summed E-state index contributed by atoms with van der Waals surface area (Å²) in [5.41, 5.74) is 0. The molecule has 1 aromatic carbocycles. The fraction of sp³-hybridized carbons (Fsp3) is 0.467. The fourth-order valence-corrected chi connectivity index (χ4v) is 7.50. The lowest BCUT2D eigenvalue weighted by atomic mass is 10.2. The Morgan fingerprint density at radius 1 is 1.14 bits per heavy atom. The highest BCUT2D eigenvalue weighted by Crippen LogP contribution is 2.42. The van der Waals surface area contributed by atoms with Gasteiger partial charge in [-0.3, -0.25) is 0 Å². The topological polar surface area (TPSA) is 102 Å². The van der Waals surface area contributed by atoms with Gasteiger partial charge in [0, 0.05) is 27.9 Å². The molecule has 0 aliphatic rings. The van der Waals surface area contributed by atoms with Crippen molar-refractivity contribution in [3.05, 3.63) is 15.7 Å². The third-order valence-corrected chi connectivity index (χ3v) is 9.47. The Morgan fingerprint density at radius 3 is 2.25 bits per heavy atom. The summed E-state index contributed by atoms with van der Waals surface area (Å²) in [5, 5.41) is 0.699. The molecule has 0 bridgehead atoms. The van der Waals surface area contributed by atoms with Gasteiger partial charge in [-0.1, -0.05) is 0 Å². The highest BCUT2D eigenvalue weighted by molar-refractivity contribution is 14.1. The lowest BCUT2D eigenvalue weighted by molar-refractivity contribution is 0.270. The van der Waals surface area contributed by atoms with E-state index in [1.54, 1.807) is 12.1 Å². The number of nitrogens with one attached hydrogen (secondary N) is 1. The second-order valence-corrected chi connectivity index (χ2v) is 11.3. The van der Waals surface area contributed by atoms with Crippen LogP contribution in [0.15, 0.2) is 16.3 Å². The summed E-state index contributed by atoms with van der Waals surface area (Å²) in [4.78, 5) is 8.88. The number of hydrogen-bond donors (Lipinski definition) is 2. The van der Waals surface area contributed by atoms with Gasteiger partial charge in [0.25, 0.3) is 10.0 Å². The molecule has 0 aliphatic carbocycles. The van der Waals surface area contributed by atoms with Crippen molar-refractivity contribution in [2.75, 3.05) is 31.3 Å². The van der Waals surface area contributed by atoms with Crippen LogP contribution in [-0.2, 0) is 14.6 Å². The molecule has 2 N–H and O–H groups in total. The zero-order valence-electron chi connectivity index (χ0n) is 14.5. The Hall–Kier alpha value is 0.0600. The first-order chi connectivity index (χ1) is 13.3. The van der Waals surface area contributed by atoms with Crippen LogP contribution in [0.3, 0.4) is 0 Å². The van der Waals surface area contributed by atoms with Gasteiger partial charge >= 0.3 is 8.03 Å². The van der Waals surface area contributed by atoms with Crippen molar-refractivity contribution in [3.8, 4) is 11.5 Å². The predicted molar refractivity (Wildman–Crippen MR) is 121 cm³/mol. The third-order valence-electron chi connectivity index (χ3n) is 3.37. The van der Waals surface area contributed by atoms with Crippen LogP contribution in [0.2, 0.25) is 0 Å². The molecule has 0 saturated heterocycles. The normalized spacial score (nSPS) is 12.4. The SMILES string of the molecule is O=[P+](O)CNS(=O)(=O)c1sc2cc(OCCCCl)c(OCCCCl)cc2c1I. The Balaban J connectivity index is 2.43. The number of rotatable bonds is 12.